The minimum atomic E-state index is -0.324. The van der Waals surface area contributed by atoms with E-state index in [1.165, 1.54) is 6.26 Å². The number of likely N-dealkylation sites (tertiary alicyclic amines) is 1. The summed E-state index contributed by atoms with van der Waals surface area (Å²) in [5.74, 6) is 0.265. The minimum absolute atomic E-state index is 0.00131. The molecule has 4 rings (SSSR count). The average Bonchev–Trinajstić information content (AvgIpc) is 3.06. The number of carbonyl (C=O) groups is 1. The van der Waals surface area contributed by atoms with Crippen LogP contribution >= 0.6 is 0 Å². The number of ether oxygens (including phenoxy) is 2. The van der Waals surface area contributed by atoms with E-state index >= 15 is 0 Å². The lowest BCUT2D eigenvalue weighted by atomic mass is 9.84. The summed E-state index contributed by atoms with van der Waals surface area (Å²) in [6.07, 6.45) is 4.73. The highest BCUT2D eigenvalue weighted by molar-refractivity contribution is 5.92. The van der Waals surface area contributed by atoms with Crippen molar-refractivity contribution in [2.24, 2.45) is 0 Å². The molecule has 2 saturated heterocycles. The zero-order valence-electron chi connectivity index (χ0n) is 13.5. The molecule has 2 aliphatic rings. The van der Waals surface area contributed by atoms with Gasteiger partial charge in [-0.15, -0.1) is 0 Å². The molecule has 2 fully saturated rings. The summed E-state index contributed by atoms with van der Waals surface area (Å²) < 4.78 is 17.0. The largest absolute Gasteiger partial charge is 0.460 e. The topological polar surface area (TPSA) is 77.7 Å². The molecule has 1 amide bonds. The van der Waals surface area contributed by atoms with Gasteiger partial charge in [0.2, 0.25) is 0 Å². The Morgan fingerprint density at radius 2 is 2.29 bits per heavy atom. The number of hydrogen-bond acceptors (Lipinski definition) is 6. The van der Waals surface area contributed by atoms with Crippen molar-refractivity contribution in [1.29, 1.82) is 0 Å². The molecule has 0 aromatic carbocycles. The number of hydrogen-bond donors (Lipinski definition) is 0. The summed E-state index contributed by atoms with van der Waals surface area (Å²) in [6, 6.07) is 5.63. The van der Waals surface area contributed by atoms with E-state index in [-0.39, 0.29) is 17.6 Å². The van der Waals surface area contributed by atoms with Gasteiger partial charge in [0.25, 0.3) is 5.91 Å². The van der Waals surface area contributed by atoms with Gasteiger partial charge in [-0.05, 0) is 25.1 Å². The van der Waals surface area contributed by atoms with E-state index in [0.717, 1.165) is 18.5 Å². The van der Waals surface area contributed by atoms with Gasteiger partial charge in [-0.2, -0.15) is 0 Å². The van der Waals surface area contributed by atoms with Gasteiger partial charge in [0.05, 0.1) is 26.0 Å². The van der Waals surface area contributed by atoms with E-state index in [9.17, 15) is 4.79 Å². The smallest absolute Gasteiger partial charge is 0.316 e. The second-order valence-electron chi connectivity index (χ2n) is 6.38. The minimum Gasteiger partial charge on any atom is -0.460 e. The molecule has 0 N–H and O–H groups in total. The van der Waals surface area contributed by atoms with Crippen molar-refractivity contribution in [2.45, 2.75) is 31.5 Å². The maximum Gasteiger partial charge on any atom is 0.316 e. The van der Waals surface area contributed by atoms with Crippen molar-refractivity contribution < 1.29 is 18.7 Å². The average molecular weight is 329 g/mol. The molecule has 1 atom stereocenters. The van der Waals surface area contributed by atoms with Crippen LogP contribution in [0.15, 0.2) is 35.1 Å². The third kappa shape index (κ3) is 2.87. The van der Waals surface area contributed by atoms with Gasteiger partial charge in [-0.3, -0.25) is 4.79 Å². The van der Waals surface area contributed by atoms with E-state index in [4.69, 9.17) is 13.9 Å². The van der Waals surface area contributed by atoms with Crippen LogP contribution in [-0.4, -0.2) is 52.2 Å². The Balaban J connectivity index is 1.37. The highest BCUT2D eigenvalue weighted by Crippen LogP contribution is 2.36. The summed E-state index contributed by atoms with van der Waals surface area (Å²) in [7, 11) is 0. The predicted octanol–water partition coefficient (Wildman–Crippen LogP) is 1.83. The van der Waals surface area contributed by atoms with Crippen molar-refractivity contribution in [3.63, 3.8) is 0 Å². The Morgan fingerprint density at radius 3 is 3.04 bits per heavy atom. The SMILES string of the molecule is Cc1ccnc(O[C@H]2CCOC3(C2)CN(C(=O)c2ccco2)C3)n1. The van der Waals surface area contributed by atoms with Gasteiger partial charge in [0, 0.05) is 24.7 Å². The monoisotopic (exact) mass is 329 g/mol. The van der Waals surface area contributed by atoms with Crippen molar-refractivity contribution >= 4 is 5.91 Å². The van der Waals surface area contributed by atoms with E-state index in [2.05, 4.69) is 9.97 Å². The third-order valence-electron chi connectivity index (χ3n) is 4.47. The van der Waals surface area contributed by atoms with E-state index in [1.807, 2.05) is 13.0 Å². The summed E-state index contributed by atoms with van der Waals surface area (Å²) in [6.45, 7) is 3.63. The van der Waals surface area contributed by atoms with Gasteiger partial charge in [0.15, 0.2) is 5.76 Å². The lowest BCUT2D eigenvalue weighted by molar-refractivity contribution is -0.174. The molecule has 0 bridgehead atoms. The lowest BCUT2D eigenvalue weighted by Crippen LogP contribution is -2.67. The van der Waals surface area contributed by atoms with Gasteiger partial charge < -0.3 is 18.8 Å². The first kappa shape index (κ1) is 15.1. The van der Waals surface area contributed by atoms with Gasteiger partial charge in [-0.25, -0.2) is 9.97 Å². The molecule has 0 radical (unpaired) electrons. The first-order valence-corrected chi connectivity index (χ1v) is 8.07. The van der Waals surface area contributed by atoms with Crippen molar-refractivity contribution in [3.8, 4) is 6.01 Å². The highest BCUT2D eigenvalue weighted by atomic mass is 16.5. The van der Waals surface area contributed by atoms with Crippen LogP contribution in [0, 0.1) is 6.92 Å². The van der Waals surface area contributed by atoms with Gasteiger partial charge in [0.1, 0.15) is 11.7 Å². The molecule has 24 heavy (non-hydrogen) atoms. The normalized spacial score (nSPS) is 22.2. The summed E-state index contributed by atoms with van der Waals surface area (Å²) in [4.78, 5) is 22.4. The summed E-state index contributed by atoms with van der Waals surface area (Å²) in [5, 5.41) is 0. The van der Waals surface area contributed by atoms with Crippen LogP contribution in [0.4, 0.5) is 0 Å². The van der Waals surface area contributed by atoms with E-state index < -0.39 is 0 Å². The first-order chi connectivity index (χ1) is 11.6. The molecule has 7 nitrogen and oxygen atoms in total. The van der Waals surface area contributed by atoms with Gasteiger partial charge in [-0.1, -0.05) is 0 Å². The number of furan rings is 1. The van der Waals surface area contributed by atoms with Crippen LogP contribution in [0.1, 0.15) is 29.1 Å². The number of nitrogens with zero attached hydrogens (tertiary/aromatic N) is 3. The molecular weight excluding hydrogens is 310 g/mol. The molecule has 126 valence electrons. The fourth-order valence-electron chi connectivity index (χ4n) is 3.28. The predicted molar refractivity (Wildman–Crippen MR) is 83.7 cm³/mol. The van der Waals surface area contributed by atoms with Crippen LogP contribution in [0.25, 0.3) is 0 Å². The Kier molecular flexibility index (Phi) is 3.72. The van der Waals surface area contributed by atoms with E-state index in [0.29, 0.717) is 31.5 Å². The van der Waals surface area contributed by atoms with Crippen molar-refractivity contribution in [2.75, 3.05) is 19.7 Å². The molecule has 7 heteroatoms. The molecule has 0 saturated carbocycles. The standard InChI is InChI=1S/C17H19N3O4/c1-12-4-6-18-16(19-12)24-13-5-8-23-17(9-13)10-20(11-17)15(21)14-3-2-7-22-14/h2-4,6-7,13H,5,8-11H2,1H3/t13-/m0/s1. The summed E-state index contributed by atoms with van der Waals surface area (Å²) >= 11 is 0. The second-order valence-corrected chi connectivity index (χ2v) is 6.38. The fraction of sp³-hybridized carbons (Fsp3) is 0.471. The number of rotatable bonds is 3. The van der Waals surface area contributed by atoms with Crippen molar-refractivity contribution in [1.82, 2.24) is 14.9 Å². The Bertz CT molecular complexity index is 725. The zero-order chi connectivity index (χ0) is 16.6. The Hall–Kier alpha value is -2.41. The molecule has 1 spiro atoms. The van der Waals surface area contributed by atoms with Gasteiger partial charge >= 0.3 is 6.01 Å². The summed E-state index contributed by atoms with van der Waals surface area (Å²) in [5.41, 5.74) is 0.551. The molecule has 2 aliphatic heterocycles. The first-order valence-electron chi connectivity index (χ1n) is 8.07. The molecule has 4 heterocycles. The second kappa shape index (κ2) is 5.90. The third-order valence-corrected chi connectivity index (χ3v) is 4.47. The van der Waals surface area contributed by atoms with Crippen LogP contribution in [-0.2, 0) is 4.74 Å². The molecule has 0 unspecified atom stereocenters. The fourth-order valence-corrected chi connectivity index (χ4v) is 3.28. The van der Waals surface area contributed by atoms with Crippen LogP contribution in [0.3, 0.4) is 0 Å². The molecular formula is C17H19N3O4. The lowest BCUT2D eigenvalue weighted by Gasteiger charge is -2.52. The van der Waals surface area contributed by atoms with E-state index in [1.54, 1.807) is 23.2 Å². The Labute approximate surface area is 139 Å². The van der Waals surface area contributed by atoms with Crippen LogP contribution in [0.5, 0.6) is 6.01 Å². The molecule has 2 aromatic heterocycles. The number of amides is 1. The van der Waals surface area contributed by atoms with Crippen molar-refractivity contribution in [3.05, 3.63) is 42.1 Å². The highest BCUT2D eigenvalue weighted by Gasteiger charge is 2.50. The molecule has 0 aliphatic carbocycles. The number of aryl methyl sites for hydroxylation is 1. The maximum atomic E-state index is 12.2. The zero-order valence-corrected chi connectivity index (χ0v) is 13.5. The number of carbonyl (C=O) groups excluding carboxylic acids is 1. The maximum absolute atomic E-state index is 12.2. The van der Waals surface area contributed by atoms with Crippen LogP contribution in [0.2, 0.25) is 0 Å². The molecule has 2 aromatic rings. The quantitative estimate of drug-likeness (QED) is 0.855. The van der Waals surface area contributed by atoms with Crippen LogP contribution < -0.4 is 4.74 Å². The Morgan fingerprint density at radius 1 is 1.42 bits per heavy atom. The number of aromatic nitrogens is 2.